The third kappa shape index (κ3) is 2.73. The lowest BCUT2D eigenvalue weighted by atomic mass is 10.2. The number of hydrogen-bond acceptors (Lipinski definition) is 5. The van der Waals surface area contributed by atoms with E-state index in [0.29, 0.717) is 27.4 Å². The molecule has 0 amide bonds. The van der Waals surface area contributed by atoms with Crippen LogP contribution in [0.15, 0.2) is 29.4 Å². The van der Waals surface area contributed by atoms with Crippen LogP contribution in [-0.2, 0) is 0 Å². The van der Waals surface area contributed by atoms with Gasteiger partial charge in [-0.05, 0) is 18.4 Å². The number of nitriles is 1. The van der Waals surface area contributed by atoms with Gasteiger partial charge in [-0.2, -0.15) is 5.26 Å². The van der Waals surface area contributed by atoms with Gasteiger partial charge in [-0.25, -0.2) is 15.0 Å². The van der Waals surface area contributed by atoms with Gasteiger partial charge in [0.05, 0.1) is 11.4 Å². The predicted molar refractivity (Wildman–Crippen MR) is 66.8 cm³/mol. The lowest BCUT2D eigenvalue weighted by Gasteiger charge is -2.02. The third-order valence-electron chi connectivity index (χ3n) is 1.98. The van der Waals surface area contributed by atoms with Gasteiger partial charge in [0, 0.05) is 6.07 Å². The van der Waals surface area contributed by atoms with Crippen molar-refractivity contribution in [3.63, 3.8) is 0 Å². The molecule has 0 saturated heterocycles. The van der Waals surface area contributed by atoms with E-state index in [1.165, 1.54) is 11.8 Å². The SMILES string of the molecule is CSc1nc(Cl)cc(-c2cccc(C#N)n2)n1. The van der Waals surface area contributed by atoms with Crippen LogP contribution < -0.4 is 0 Å². The maximum atomic E-state index is 8.79. The zero-order valence-electron chi connectivity index (χ0n) is 8.88. The van der Waals surface area contributed by atoms with Crippen LogP contribution in [0.2, 0.25) is 5.15 Å². The number of rotatable bonds is 2. The Morgan fingerprint density at radius 1 is 1.24 bits per heavy atom. The van der Waals surface area contributed by atoms with E-state index in [9.17, 15) is 0 Å². The first-order valence-corrected chi connectivity index (χ1v) is 6.29. The van der Waals surface area contributed by atoms with Crippen molar-refractivity contribution in [3.8, 4) is 17.5 Å². The highest BCUT2D eigenvalue weighted by molar-refractivity contribution is 7.98. The van der Waals surface area contributed by atoms with Crippen molar-refractivity contribution in [2.45, 2.75) is 5.16 Å². The normalized spacial score (nSPS) is 9.94. The molecule has 0 radical (unpaired) electrons. The van der Waals surface area contributed by atoms with Gasteiger partial charge in [-0.3, -0.25) is 0 Å². The van der Waals surface area contributed by atoms with Crippen molar-refractivity contribution < 1.29 is 0 Å². The second kappa shape index (κ2) is 5.13. The summed E-state index contributed by atoms with van der Waals surface area (Å²) < 4.78 is 0. The standard InChI is InChI=1S/C11H7ClN4S/c1-17-11-15-9(5-10(12)16-11)8-4-2-3-7(6-13)14-8/h2-5H,1H3. The van der Waals surface area contributed by atoms with Crippen LogP contribution in [0.5, 0.6) is 0 Å². The molecule has 0 atom stereocenters. The molecule has 0 aliphatic heterocycles. The Kier molecular flexibility index (Phi) is 3.57. The summed E-state index contributed by atoms with van der Waals surface area (Å²) in [5, 5.41) is 9.73. The van der Waals surface area contributed by atoms with Gasteiger partial charge in [0.2, 0.25) is 0 Å². The molecule has 0 aliphatic rings. The minimum absolute atomic E-state index is 0.350. The van der Waals surface area contributed by atoms with Crippen molar-refractivity contribution in [2.24, 2.45) is 0 Å². The topological polar surface area (TPSA) is 62.5 Å². The van der Waals surface area contributed by atoms with Crippen molar-refractivity contribution in [2.75, 3.05) is 6.26 Å². The molecule has 0 saturated carbocycles. The molecule has 0 bridgehead atoms. The molecule has 6 heteroatoms. The van der Waals surface area contributed by atoms with Crippen LogP contribution in [0, 0.1) is 11.3 Å². The van der Waals surface area contributed by atoms with Gasteiger partial charge in [-0.15, -0.1) is 0 Å². The Morgan fingerprint density at radius 3 is 2.76 bits per heavy atom. The Labute approximate surface area is 108 Å². The fraction of sp³-hybridized carbons (Fsp3) is 0.0909. The number of nitrogens with zero attached hydrogens (tertiary/aromatic N) is 4. The van der Waals surface area contributed by atoms with E-state index < -0.39 is 0 Å². The van der Waals surface area contributed by atoms with Crippen molar-refractivity contribution in [3.05, 3.63) is 35.1 Å². The number of hydrogen-bond donors (Lipinski definition) is 0. The Balaban J connectivity index is 2.52. The molecule has 2 aromatic heterocycles. The number of pyridine rings is 1. The molecule has 0 aliphatic carbocycles. The summed E-state index contributed by atoms with van der Waals surface area (Å²) in [6.45, 7) is 0. The van der Waals surface area contributed by atoms with Crippen molar-refractivity contribution in [1.82, 2.24) is 15.0 Å². The van der Waals surface area contributed by atoms with Gasteiger partial charge < -0.3 is 0 Å². The molecule has 0 aromatic carbocycles. The molecule has 84 valence electrons. The summed E-state index contributed by atoms with van der Waals surface area (Å²) in [7, 11) is 0. The molecular formula is C11H7ClN4S. The average Bonchev–Trinajstić information content (AvgIpc) is 2.38. The zero-order valence-corrected chi connectivity index (χ0v) is 10.5. The molecule has 0 fully saturated rings. The Bertz CT molecular complexity index is 594. The van der Waals surface area contributed by atoms with Crippen molar-refractivity contribution in [1.29, 1.82) is 5.26 Å². The second-order valence-corrected chi connectivity index (χ2v) is 4.24. The molecule has 0 unspecified atom stereocenters. The average molecular weight is 263 g/mol. The van der Waals surface area contributed by atoms with Gasteiger partial charge in [0.1, 0.15) is 16.9 Å². The van der Waals surface area contributed by atoms with E-state index in [1.54, 1.807) is 24.3 Å². The van der Waals surface area contributed by atoms with Crippen LogP contribution in [0.25, 0.3) is 11.4 Å². The van der Waals surface area contributed by atoms with E-state index >= 15 is 0 Å². The second-order valence-electron chi connectivity index (χ2n) is 3.08. The fourth-order valence-electron chi connectivity index (χ4n) is 1.26. The molecule has 0 spiro atoms. The Hall–Kier alpha value is -1.64. The number of aromatic nitrogens is 3. The first-order chi connectivity index (χ1) is 8.22. The molecule has 2 rings (SSSR count). The minimum Gasteiger partial charge on any atom is -0.235 e. The van der Waals surface area contributed by atoms with E-state index in [-0.39, 0.29) is 0 Å². The lowest BCUT2D eigenvalue weighted by Crippen LogP contribution is -1.93. The Morgan fingerprint density at radius 2 is 2.06 bits per heavy atom. The fourth-order valence-corrected chi connectivity index (χ4v) is 1.87. The molecular weight excluding hydrogens is 256 g/mol. The van der Waals surface area contributed by atoms with Crippen LogP contribution in [0.3, 0.4) is 0 Å². The van der Waals surface area contributed by atoms with Crippen LogP contribution in [0.1, 0.15) is 5.69 Å². The van der Waals surface area contributed by atoms with Crippen LogP contribution in [-0.4, -0.2) is 21.2 Å². The molecule has 0 N–H and O–H groups in total. The highest BCUT2D eigenvalue weighted by atomic mass is 35.5. The van der Waals surface area contributed by atoms with E-state index in [1.807, 2.05) is 12.3 Å². The largest absolute Gasteiger partial charge is 0.235 e. The summed E-state index contributed by atoms with van der Waals surface area (Å²) in [6, 6.07) is 8.80. The zero-order chi connectivity index (χ0) is 12.3. The summed E-state index contributed by atoms with van der Waals surface area (Å²) >= 11 is 7.30. The molecule has 4 nitrogen and oxygen atoms in total. The highest BCUT2D eigenvalue weighted by Crippen LogP contribution is 2.21. The van der Waals surface area contributed by atoms with E-state index in [4.69, 9.17) is 16.9 Å². The van der Waals surface area contributed by atoms with Gasteiger partial charge in [-0.1, -0.05) is 29.4 Å². The summed E-state index contributed by atoms with van der Waals surface area (Å²) in [4.78, 5) is 12.5. The lowest BCUT2D eigenvalue weighted by molar-refractivity contribution is 0.971. The van der Waals surface area contributed by atoms with E-state index in [0.717, 1.165) is 0 Å². The molecule has 2 heterocycles. The summed E-state index contributed by atoms with van der Waals surface area (Å²) in [6.07, 6.45) is 1.87. The third-order valence-corrected chi connectivity index (χ3v) is 2.72. The van der Waals surface area contributed by atoms with Crippen LogP contribution >= 0.6 is 23.4 Å². The van der Waals surface area contributed by atoms with Crippen molar-refractivity contribution >= 4 is 23.4 Å². The minimum atomic E-state index is 0.350. The van der Waals surface area contributed by atoms with Crippen LogP contribution in [0.4, 0.5) is 0 Å². The number of thioether (sulfide) groups is 1. The first kappa shape index (κ1) is 11.8. The van der Waals surface area contributed by atoms with Gasteiger partial charge in [0.25, 0.3) is 0 Å². The van der Waals surface area contributed by atoms with Gasteiger partial charge >= 0.3 is 0 Å². The molecule has 2 aromatic rings. The smallest absolute Gasteiger partial charge is 0.189 e. The molecule has 17 heavy (non-hydrogen) atoms. The maximum Gasteiger partial charge on any atom is 0.189 e. The van der Waals surface area contributed by atoms with E-state index in [2.05, 4.69) is 15.0 Å². The summed E-state index contributed by atoms with van der Waals surface area (Å²) in [5.74, 6) is 0. The highest BCUT2D eigenvalue weighted by Gasteiger charge is 2.06. The quantitative estimate of drug-likeness (QED) is 0.473. The first-order valence-electron chi connectivity index (χ1n) is 4.69. The monoisotopic (exact) mass is 262 g/mol. The summed E-state index contributed by atoms with van der Waals surface area (Å²) in [5.41, 5.74) is 1.58. The van der Waals surface area contributed by atoms with Gasteiger partial charge in [0.15, 0.2) is 5.16 Å². The maximum absolute atomic E-state index is 8.79. The predicted octanol–water partition coefficient (Wildman–Crippen LogP) is 2.79. The number of halogens is 1.